The minimum absolute atomic E-state index is 0.146. The lowest BCUT2D eigenvalue weighted by molar-refractivity contribution is -0.124. The Labute approximate surface area is 224 Å². The fraction of sp³-hybridized carbons (Fsp3) is 0.469. The van der Waals surface area contributed by atoms with Crippen molar-refractivity contribution in [1.29, 1.82) is 0 Å². The highest BCUT2D eigenvalue weighted by molar-refractivity contribution is 5.91. The van der Waals surface area contributed by atoms with Crippen LogP contribution in [0, 0.1) is 23.2 Å². The number of rotatable bonds is 7. The van der Waals surface area contributed by atoms with E-state index >= 15 is 0 Å². The van der Waals surface area contributed by atoms with Gasteiger partial charge in [-0.2, -0.15) is 0 Å². The number of amides is 1. The van der Waals surface area contributed by atoms with Gasteiger partial charge in [0, 0.05) is 31.6 Å². The van der Waals surface area contributed by atoms with Gasteiger partial charge in [-0.1, -0.05) is 30.3 Å². The van der Waals surface area contributed by atoms with Crippen LogP contribution in [0.1, 0.15) is 61.8 Å². The number of carbonyl (C=O) groups excluding carboxylic acids is 1. The van der Waals surface area contributed by atoms with E-state index in [1.165, 1.54) is 44.1 Å². The van der Waals surface area contributed by atoms with Gasteiger partial charge in [0.15, 0.2) is 0 Å². The van der Waals surface area contributed by atoms with Crippen molar-refractivity contribution in [1.82, 2.24) is 14.9 Å². The first-order valence-electron chi connectivity index (χ1n) is 14.3. The van der Waals surface area contributed by atoms with Crippen LogP contribution >= 0.6 is 0 Å². The summed E-state index contributed by atoms with van der Waals surface area (Å²) in [5.74, 6) is 5.14. The Morgan fingerprint density at radius 1 is 0.921 bits per heavy atom. The van der Waals surface area contributed by atoms with Gasteiger partial charge in [0.25, 0.3) is 0 Å². The van der Waals surface area contributed by atoms with Crippen molar-refractivity contribution in [3.63, 3.8) is 0 Å². The average Bonchev–Trinajstić information content (AvgIpc) is 2.89. The van der Waals surface area contributed by atoms with Gasteiger partial charge in [-0.3, -0.25) is 9.69 Å². The summed E-state index contributed by atoms with van der Waals surface area (Å²) in [5.41, 5.74) is 3.62. The molecule has 6 heteroatoms. The maximum atomic E-state index is 13.2. The van der Waals surface area contributed by atoms with Crippen LogP contribution in [0.4, 0.5) is 5.82 Å². The topological polar surface area (TPSA) is 67.4 Å². The Morgan fingerprint density at radius 3 is 2.32 bits per heavy atom. The first kappa shape index (κ1) is 23.8. The van der Waals surface area contributed by atoms with Gasteiger partial charge < -0.3 is 10.1 Å². The molecule has 1 aromatic heterocycles. The Morgan fingerprint density at radius 2 is 1.61 bits per heavy atom. The van der Waals surface area contributed by atoms with E-state index in [0.717, 1.165) is 72.4 Å². The van der Waals surface area contributed by atoms with Crippen LogP contribution in [0.2, 0.25) is 0 Å². The van der Waals surface area contributed by atoms with Gasteiger partial charge in [-0.05, 0) is 97.9 Å². The van der Waals surface area contributed by atoms with Crippen LogP contribution in [0.5, 0.6) is 11.5 Å². The summed E-state index contributed by atoms with van der Waals surface area (Å²) in [6.07, 6.45) is 11.1. The molecule has 4 saturated carbocycles. The minimum Gasteiger partial charge on any atom is -0.457 e. The van der Waals surface area contributed by atoms with Gasteiger partial charge in [-0.25, -0.2) is 9.97 Å². The van der Waals surface area contributed by atoms with Crippen LogP contribution in [0.3, 0.4) is 0 Å². The quantitative estimate of drug-likeness (QED) is 0.402. The number of benzene rings is 2. The molecule has 38 heavy (non-hydrogen) atoms. The first-order chi connectivity index (χ1) is 18.6. The number of nitrogens with zero attached hydrogens (tertiary/aromatic N) is 3. The highest BCUT2D eigenvalue weighted by Crippen LogP contribution is 2.61. The highest BCUT2D eigenvalue weighted by atomic mass is 16.5. The summed E-state index contributed by atoms with van der Waals surface area (Å²) in [5, 5.41) is 3.21. The molecule has 2 aromatic carbocycles. The molecule has 5 aliphatic rings. The van der Waals surface area contributed by atoms with Crippen LogP contribution in [-0.4, -0.2) is 27.3 Å². The summed E-state index contributed by atoms with van der Waals surface area (Å²) < 4.78 is 5.93. The Kier molecular flexibility index (Phi) is 6.15. The second-order valence-electron chi connectivity index (χ2n) is 12.3. The van der Waals surface area contributed by atoms with Crippen molar-refractivity contribution >= 4 is 11.7 Å². The van der Waals surface area contributed by atoms with Gasteiger partial charge in [0.2, 0.25) is 5.91 Å². The summed E-state index contributed by atoms with van der Waals surface area (Å²) in [6, 6.07) is 18.2. The highest BCUT2D eigenvalue weighted by Gasteiger charge is 2.51. The third-order valence-electron chi connectivity index (χ3n) is 9.35. The van der Waals surface area contributed by atoms with Crippen LogP contribution in [0.25, 0.3) is 0 Å². The van der Waals surface area contributed by atoms with Crippen molar-refractivity contribution in [2.75, 3.05) is 11.9 Å². The lowest BCUT2D eigenvalue weighted by Crippen LogP contribution is -2.47. The summed E-state index contributed by atoms with van der Waals surface area (Å²) in [4.78, 5) is 24.7. The lowest BCUT2D eigenvalue weighted by Gasteiger charge is -2.56. The summed E-state index contributed by atoms with van der Waals surface area (Å²) in [6.45, 7) is 2.53. The zero-order valence-corrected chi connectivity index (χ0v) is 21.9. The molecule has 0 saturated heterocycles. The van der Waals surface area contributed by atoms with Crippen molar-refractivity contribution in [3.8, 4) is 11.5 Å². The smallest absolute Gasteiger partial charge is 0.226 e. The monoisotopic (exact) mass is 508 g/mol. The third-order valence-corrected chi connectivity index (χ3v) is 9.35. The molecule has 196 valence electrons. The molecule has 8 rings (SSSR count). The lowest BCUT2D eigenvalue weighted by atomic mass is 9.49. The van der Waals surface area contributed by atoms with Crippen LogP contribution in [-0.2, 0) is 24.3 Å². The molecule has 4 fully saturated rings. The molecule has 0 spiro atoms. The molecule has 6 nitrogen and oxygen atoms in total. The van der Waals surface area contributed by atoms with E-state index in [2.05, 4.69) is 32.3 Å². The molecule has 0 unspecified atom stereocenters. The minimum atomic E-state index is 0.146. The Balaban J connectivity index is 0.971. The van der Waals surface area contributed by atoms with E-state index in [1.807, 2.05) is 42.5 Å². The van der Waals surface area contributed by atoms with Gasteiger partial charge in [-0.15, -0.1) is 0 Å². The van der Waals surface area contributed by atoms with Crippen LogP contribution in [0.15, 0.2) is 60.9 Å². The zero-order chi connectivity index (χ0) is 25.5. The molecule has 0 atom stereocenters. The maximum absolute atomic E-state index is 13.2. The second kappa shape index (κ2) is 9.81. The zero-order valence-electron chi connectivity index (χ0n) is 21.9. The number of fused-ring (bicyclic) bond motifs is 1. The summed E-state index contributed by atoms with van der Waals surface area (Å²) >= 11 is 0. The van der Waals surface area contributed by atoms with E-state index in [-0.39, 0.29) is 11.3 Å². The molecule has 3 aromatic rings. The van der Waals surface area contributed by atoms with E-state index in [4.69, 9.17) is 4.74 Å². The number of hydrogen-bond acceptors (Lipinski definition) is 5. The summed E-state index contributed by atoms with van der Waals surface area (Å²) in [7, 11) is 0. The van der Waals surface area contributed by atoms with Crippen molar-refractivity contribution in [2.45, 2.75) is 64.5 Å². The maximum Gasteiger partial charge on any atom is 0.226 e. The van der Waals surface area contributed by atoms with Gasteiger partial charge in [0.1, 0.15) is 23.6 Å². The largest absolute Gasteiger partial charge is 0.457 e. The number of ether oxygens (including phenoxy) is 1. The predicted molar refractivity (Wildman–Crippen MR) is 147 cm³/mol. The fourth-order valence-corrected chi connectivity index (χ4v) is 8.22. The number of nitrogens with one attached hydrogen (secondary N) is 1. The molecule has 1 amide bonds. The number of aromatic nitrogens is 2. The molecule has 1 aliphatic heterocycles. The van der Waals surface area contributed by atoms with Crippen molar-refractivity contribution in [2.24, 2.45) is 23.2 Å². The van der Waals surface area contributed by atoms with Gasteiger partial charge in [0.05, 0.1) is 5.69 Å². The Bertz CT molecular complexity index is 1270. The van der Waals surface area contributed by atoms with Crippen molar-refractivity contribution < 1.29 is 9.53 Å². The average molecular weight is 509 g/mol. The number of para-hydroxylation sites is 1. The normalized spacial score (nSPS) is 27.6. The molecule has 1 N–H and O–H groups in total. The second-order valence-corrected chi connectivity index (χ2v) is 12.3. The third kappa shape index (κ3) is 4.94. The van der Waals surface area contributed by atoms with Crippen molar-refractivity contribution in [3.05, 3.63) is 77.7 Å². The fourth-order valence-electron chi connectivity index (χ4n) is 8.22. The van der Waals surface area contributed by atoms with E-state index < -0.39 is 0 Å². The molecule has 2 heterocycles. The molecule has 4 aliphatic carbocycles. The predicted octanol–water partition coefficient (Wildman–Crippen LogP) is 6.37. The van der Waals surface area contributed by atoms with Gasteiger partial charge >= 0.3 is 0 Å². The van der Waals surface area contributed by atoms with E-state index in [1.54, 1.807) is 6.33 Å². The molecular formula is C32H36N4O2. The molecule has 4 bridgehead atoms. The van der Waals surface area contributed by atoms with Crippen LogP contribution < -0.4 is 10.1 Å². The molecular weight excluding hydrogens is 472 g/mol. The SMILES string of the molecule is O=C(CC12CC3CC(CC(C3)C1)C2)Nc1ncnc2c1CCN(Cc1ccc(Oc3ccccc3)cc1)C2. The van der Waals surface area contributed by atoms with E-state index in [0.29, 0.717) is 6.42 Å². The number of anilines is 1. The van der Waals surface area contributed by atoms with E-state index in [9.17, 15) is 4.79 Å². The molecule has 0 radical (unpaired) electrons. The first-order valence-corrected chi connectivity index (χ1v) is 14.3. The standard InChI is InChI=1S/C32H36N4O2/c37-30(18-32-15-23-12-24(16-32)14-25(13-23)17-32)35-31-28-10-11-36(20-29(28)33-21-34-31)19-22-6-8-27(9-7-22)38-26-4-2-1-3-5-26/h1-9,21,23-25H,10-20H2,(H,33,34,35,37). The number of hydrogen-bond donors (Lipinski definition) is 1. The number of carbonyl (C=O) groups is 1. The Hall–Kier alpha value is -3.25.